The van der Waals surface area contributed by atoms with Crippen LogP contribution in [0.15, 0.2) is 40.6 Å². The Morgan fingerprint density at radius 3 is 2.78 bits per heavy atom. The zero-order chi connectivity index (χ0) is 19.6. The van der Waals surface area contributed by atoms with Gasteiger partial charge < -0.3 is 5.32 Å². The molecule has 1 aromatic carbocycles. The zero-order valence-corrected chi connectivity index (χ0v) is 16.4. The fraction of sp³-hybridized carbons (Fsp3) is 0.312. The fourth-order valence-electron chi connectivity index (χ4n) is 2.88. The quantitative estimate of drug-likeness (QED) is 0.578. The molecule has 1 unspecified atom stereocenters. The number of hydrogen-bond donors (Lipinski definition) is 1. The van der Waals surface area contributed by atoms with Crippen molar-refractivity contribution < 1.29 is 18.1 Å². The lowest BCUT2D eigenvalue weighted by molar-refractivity contribution is -0.384. The third-order valence-corrected chi connectivity index (χ3v) is 7.79. The van der Waals surface area contributed by atoms with Gasteiger partial charge in [0.15, 0.2) is 0 Å². The lowest BCUT2D eigenvalue weighted by Gasteiger charge is -2.30. The van der Waals surface area contributed by atoms with Crippen molar-refractivity contribution in [2.24, 2.45) is 5.92 Å². The maximum absolute atomic E-state index is 12.7. The molecule has 1 aliphatic heterocycles. The number of amides is 1. The first-order valence-corrected chi connectivity index (χ1v) is 10.7. The molecule has 0 bridgehead atoms. The van der Waals surface area contributed by atoms with E-state index in [4.69, 9.17) is 11.6 Å². The number of nitro benzene ring substituents is 1. The molecule has 1 saturated heterocycles. The van der Waals surface area contributed by atoms with E-state index in [-0.39, 0.29) is 22.3 Å². The average Bonchev–Trinajstić information content (AvgIpc) is 3.09. The second-order valence-electron chi connectivity index (χ2n) is 6.06. The molecule has 2 aromatic rings. The van der Waals surface area contributed by atoms with Gasteiger partial charge in [0.2, 0.25) is 5.91 Å². The second-order valence-corrected chi connectivity index (χ2v) is 9.94. The Kier molecular flexibility index (Phi) is 5.80. The summed E-state index contributed by atoms with van der Waals surface area (Å²) in [6.45, 7) is 0.386. The summed E-state index contributed by atoms with van der Waals surface area (Å²) in [6, 6.07) is 8.60. The van der Waals surface area contributed by atoms with Gasteiger partial charge in [-0.2, -0.15) is 4.31 Å². The van der Waals surface area contributed by atoms with Crippen molar-refractivity contribution in [3.63, 3.8) is 0 Å². The van der Waals surface area contributed by atoms with Crippen LogP contribution in [-0.4, -0.2) is 36.6 Å². The molecule has 8 nitrogen and oxygen atoms in total. The highest BCUT2D eigenvalue weighted by Gasteiger charge is 2.34. The molecular formula is C16H16ClN3O5S2. The number of nitrogens with zero attached hydrogens (tertiary/aromatic N) is 2. The predicted molar refractivity (Wildman–Crippen MR) is 103 cm³/mol. The molecule has 0 radical (unpaired) electrons. The van der Waals surface area contributed by atoms with Gasteiger partial charge in [-0.05, 0) is 31.0 Å². The minimum Gasteiger partial charge on any atom is -0.326 e. The number of nitrogens with one attached hydrogen (secondary N) is 1. The Labute approximate surface area is 165 Å². The Morgan fingerprint density at radius 2 is 2.11 bits per heavy atom. The average molecular weight is 430 g/mol. The largest absolute Gasteiger partial charge is 0.326 e. The molecule has 0 saturated carbocycles. The van der Waals surface area contributed by atoms with Crippen LogP contribution < -0.4 is 5.32 Å². The molecule has 1 aromatic heterocycles. The molecule has 2 heterocycles. The summed E-state index contributed by atoms with van der Waals surface area (Å²) in [5.41, 5.74) is 0.175. The summed E-state index contributed by atoms with van der Waals surface area (Å²) >= 11 is 6.81. The van der Waals surface area contributed by atoms with Crippen molar-refractivity contribution in [1.82, 2.24) is 4.31 Å². The normalized spacial score (nSPS) is 18.2. The second kappa shape index (κ2) is 7.93. The number of piperidine rings is 1. The van der Waals surface area contributed by atoms with Crippen molar-refractivity contribution in [2.45, 2.75) is 17.1 Å². The van der Waals surface area contributed by atoms with Crippen LogP contribution in [0.1, 0.15) is 12.8 Å². The smallest absolute Gasteiger partial charge is 0.271 e. The summed E-state index contributed by atoms with van der Waals surface area (Å²) < 4.78 is 27.2. The highest BCUT2D eigenvalue weighted by Crippen LogP contribution is 2.31. The third-order valence-electron chi connectivity index (χ3n) is 4.22. The van der Waals surface area contributed by atoms with E-state index in [1.54, 1.807) is 6.07 Å². The summed E-state index contributed by atoms with van der Waals surface area (Å²) in [6.07, 6.45) is 1.09. The highest BCUT2D eigenvalue weighted by atomic mass is 35.5. The van der Waals surface area contributed by atoms with Crippen LogP contribution in [0.5, 0.6) is 0 Å². The summed E-state index contributed by atoms with van der Waals surface area (Å²) in [4.78, 5) is 22.8. The van der Waals surface area contributed by atoms with E-state index in [0.717, 1.165) is 11.3 Å². The predicted octanol–water partition coefficient (Wildman–Crippen LogP) is 3.35. The Morgan fingerprint density at radius 1 is 1.33 bits per heavy atom. The molecule has 1 atom stereocenters. The maximum atomic E-state index is 12.7. The topological polar surface area (TPSA) is 110 Å². The number of halogens is 1. The minimum absolute atomic E-state index is 0.0542. The molecule has 1 amide bonds. The van der Waals surface area contributed by atoms with Crippen LogP contribution >= 0.6 is 22.9 Å². The number of carbonyl (C=O) groups excluding carboxylic acids is 1. The minimum atomic E-state index is -3.70. The Balaban J connectivity index is 1.71. The van der Waals surface area contributed by atoms with Gasteiger partial charge in [0.1, 0.15) is 4.21 Å². The lowest BCUT2D eigenvalue weighted by atomic mass is 9.98. The number of carbonyl (C=O) groups is 1. The van der Waals surface area contributed by atoms with Gasteiger partial charge in [0, 0.05) is 30.9 Å². The SMILES string of the molecule is O=C(Nc1cccc([N+](=O)[O-])c1)C1CCCN(S(=O)(=O)c2ccc(Cl)s2)C1. The first kappa shape index (κ1) is 19.7. The Bertz CT molecular complexity index is 976. The third kappa shape index (κ3) is 4.46. The maximum Gasteiger partial charge on any atom is 0.271 e. The van der Waals surface area contributed by atoms with Gasteiger partial charge >= 0.3 is 0 Å². The van der Waals surface area contributed by atoms with Crippen molar-refractivity contribution in [2.75, 3.05) is 18.4 Å². The van der Waals surface area contributed by atoms with E-state index in [1.165, 1.54) is 34.6 Å². The first-order chi connectivity index (χ1) is 12.8. The lowest BCUT2D eigenvalue weighted by Crippen LogP contribution is -2.43. The van der Waals surface area contributed by atoms with E-state index in [9.17, 15) is 23.3 Å². The van der Waals surface area contributed by atoms with Crippen LogP contribution in [0.25, 0.3) is 0 Å². The molecule has 1 aliphatic rings. The zero-order valence-electron chi connectivity index (χ0n) is 14.0. The van der Waals surface area contributed by atoms with Gasteiger partial charge in [-0.25, -0.2) is 8.42 Å². The Hall–Kier alpha value is -2.01. The van der Waals surface area contributed by atoms with E-state index >= 15 is 0 Å². The van der Waals surface area contributed by atoms with Crippen molar-refractivity contribution >= 4 is 50.2 Å². The summed E-state index contributed by atoms with van der Waals surface area (Å²) in [5.74, 6) is -0.900. The van der Waals surface area contributed by atoms with E-state index < -0.39 is 20.9 Å². The number of benzene rings is 1. The van der Waals surface area contributed by atoms with Gasteiger partial charge in [-0.3, -0.25) is 14.9 Å². The molecule has 144 valence electrons. The molecule has 27 heavy (non-hydrogen) atoms. The molecule has 0 spiro atoms. The van der Waals surface area contributed by atoms with Crippen LogP contribution in [-0.2, 0) is 14.8 Å². The number of hydrogen-bond acceptors (Lipinski definition) is 6. The first-order valence-electron chi connectivity index (χ1n) is 8.08. The molecule has 1 fully saturated rings. The van der Waals surface area contributed by atoms with E-state index in [0.29, 0.717) is 29.4 Å². The van der Waals surface area contributed by atoms with Crippen molar-refractivity contribution in [3.8, 4) is 0 Å². The van der Waals surface area contributed by atoms with Crippen LogP contribution in [0.3, 0.4) is 0 Å². The molecular weight excluding hydrogens is 414 g/mol. The number of sulfonamides is 1. The monoisotopic (exact) mass is 429 g/mol. The van der Waals surface area contributed by atoms with Crippen LogP contribution in [0.4, 0.5) is 11.4 Å². The fourth-order valence-corrected chi connectivity index (χ4v) is 6.04. The number of nitro groups is 1. The van der Waals surface area contributed by atoms with Gasteiger partial charge in [-0.1, -0.05) is 17.7 Å². The van der Waals surface area contributed by atoms with E-state index in [1.807, 2.05) is 0 Å². The van der Waals surface area contributed by atoms with Crippen molar-refractivity contribution in [3.05, 3.63) is 50.8 Å². The summed E-state index contributed by atoms with van der Waals surface area (Å²) in [7, 11) is -3.70. The highest BCUT2D eigenvalue weighted by molar-refractivity contribution is 7.91. The molecule has 0 aliphatic carbocycles. The molecule has 11 heteroatoms. The number of thiophene rings is 1. The summed E-state index contributed by atoms with van der Waals surface area (Å²) in [5, 5.41) is 13.5. The molecule has 1 N–H and O–H groups in total. The standard InChI is InChI=1S/C16H16ClN3O5S2/c17-14-6-7-15(26-14)27(24,25)19-8-2-3-11(10-19)16(21)18-12-4-1-5-13(9-12)20(22)23/h1,4-7,9,11H,2-3,8,10H2,(H,18,21). The number of anilines is 1. The van der Waals surface area contributed by atoms with Crippen molar-refractivity contribution in [1.29, 1.82) is 0 Å². The molecule has 3 rings (SSSR count). The van der Waals surface area contributed by atoms with E-state index in [2.05, 4.69) is 5.32 Å². The number of rotatable bonds is 5. The van der Waals surface area contributed by atoms with Gasteiger partial charge in [0.25, 0.3) is 15.7 Å². The number of non-ortho nitro benzene ring substituents is 1. The van der Waals surface area contributed by atoms with Gasteiger partial charge in [0.05, 0.1) is 15.2 Å². The van der Waals surface area contributed by atoms with Crippen LogP contribution in [0, 0.1) is 16.0 Å². The van der Waals surface area contributed by atoms with Crippen LogP contribution in [0.2, 0.25) is 4.34 Å². The van der Waals surface area contributed by atoms with Gasteiger partial charge in [-0.15, -0.1) is 11.3 Å².